The van der Waals surface area contributed by atoms with Gasteiger partial charge in [0.25, 0.3) is 0 Å². The molecule has 0 aromatic heterocycles. The molecule has 2 aromatic rings. The van der Waals surface area contributed by atoms with Gasteiger partial charge in [-0.25, -0.2) is 0 Å². The third kappa shape index (κ3) is 2.44. The summed E-state index contributed by atoms with van der Waals surface area (Å²) in [6.45, 7) is 0. The molecule has 4 heteroatoms. The number of benzene rings is 2. The van der Waals surface area contributed by atoms with Crippen LogP contribution < -0.4 is 11.1 Å². The number of hydrogen-bond acceptors (Lipinski definition) is 2. The Hall–Kier alpha value is -1.22. The van der Waals surface area contributed by atoms with Crippen LogP contribution in [0.5, 0.6) is 0 Å². The summed E-state index contributed by atoms with van der Waals surface area (Å²) in [5.74, 6) is 0. The van der Waals surface area contributed by atoms with Crippen LogP contribution in [0.15, 0.2) is 42.5 Å². The zero-order valence-electron chi connectivity index (χ0n) is 10.2. The number of nitrogens with one attached hydrogen (secondary N) is 1. The van der Waals surface area contributed by atoms with E-state index in [-0.39, 0.29) is 12.1 Å². The molecule has 1 aliphatic rings. The van der Waals surface area contributed by atoms with Crippen molar-refractivity contribution in [2.45, 2.75) is 18.5 Å². The second-order valence-electron chi connectivity index (χ2n) is 4.79. The predicted octanol–water partition coefficient (Wildman–Crippen LogP) is 4.55. The number of fused-ring (bicyclic) bond motifs is 1. The van der Waals surface area contributed by atoms with Crippen LogP contribution >= 0.6 is 23.2 Å². The first-order chi connectivity index (χ1) is 9.15. The van der Waals surface area contributed by atoms with Crippen LogP contribution in [0.3, 0.4) is 0 Å². The molecular formula is C15H14Cl2N2. The van der Waals surface area contributed by atoms with Crippen LogP contribution in [0, 0.1) is 0 Å². The average molecular weight is 293 g/mol. The third-order valence-electron chi connectivity index (χ3n) is 3.52. The summed E-state index contributed by atoms with van der Waals surface area (Å²) in [5.41, 5.74) is 9.51. The fraction of sp³-hybridized carbons (Fsp3) is 0.200. The van der Waals surface area contributed by atoms with Gasteiger partial charge in [-0.3, -0.25) is 0 Å². The van der Waals surface area contributed by atoms with Crippen LogP contribution in [0.1, 0.15) is 29.6 Å². The summed E-state index contributed by atoms with van der Waals surface area (Å²) in [4.78, 5) is 0. The molecule has 0 amide bonds. The van der Waals surface area contributed by atoms with E-state index in [1.807, 2.05) is 24.3 Å². The number of rotatable bonds is 2. The zero-order chi connectivity index (χ0) is 13.4. The lowest BCUT2D eigenvalue weighted by molar-refractivity contribution is 0.648. The van der Waals surface area contributed by atoms with Gasteiger partial charge in [-0.2, -0.15) is 0 Å². The first-order valence-electron chi connectivity index (χ1n) is 6.21. The minimum Gasteiger partial charge on any atom is -0.377 e. The molecular weight excluding hydrogens is 279 g/mol. The van der Waals surface area contributed by atoms with E-state index in [0.717, 1.165) is 12.1 Å². The van der Waals surface area contributed by atoms with Gasteiger partial charge >= 0.3 is 0 Å². The summed E-state index contributed by atoms with van der Waals surface area (Å²) in [6, 6.07) is 14.0. The van der Waals surface area contributed by atoms with E-state index in [1.165, 1.54) is 11.1 Å². The Morgan fingerprint density at radius 1 is 1.05 bits per heavy atom. The van der Waals surface area contributed by atoms with E-state index >= 15 is 0 Å². The first-order valence-corrected chi connectivity index (χ1v) is 6.97. The molecule has 0 spiro atoms. The van der Waals surface area contributed by atoms with Crippen molar-refractivity contribution in [1.82, 2.24) is 0 Å². The number of halogens is 2. The quantitative estimate of drug-likeness (QED) is 0.852. The molecule has 0 radical (unpaired) electrons. The van der Waals surface area contributed by atoms with Gasteiger partial charge < -0.3 is 11.1 Å². The highest BCUT2D eigenvalue weighted by molar-refractivity contribution is 6.36. The van der Waals surface area contributed by atoms with Crippen LogP contribution in [-0.2, 0) is 0 Å². The lowest BCUT2D eigenvalue weighted by atomic mass is 10.1. The highest BCUT2D eigenvalue weighted by Gasteiger charge is 2.28. The van der Waals surface area contributed by atoms with E-state index < -0.39 is 0 Å². The molecule has 2 unspecified atom stereocenters. The van der Waals surface area contributed by atoms with Crippen LogP contribution in [0.4, 0.5) is 5.69 Å². The van der Waals surface area contributed by atoms with Gasteiger partial charge in [0.05, 0.1) is 16.8 Å². The standard InChI is InChI=1S/C15H14Cl2N2/c16-9-5-6-14(12(17)7-9)19-15-8-13(18)10-3-1-2-4-11(10)15/h1-7,13,15,19H,8,18H2. The Morgan fingerprint density at radius 2 is 1.79 bits per heavy atom. The maximum Gasteiger partial charge on any atom is 0.0652 e. The van der Waals surface area contributed by atoms with Crippen molar-refractivity contribution in [3.8, 4) is 0 Å². The molecule has 2 nitrogen and oxygen atoms in total. The molecule has 3 N–H and O–H groups in total. The normalized spacial score (nSPS) is 21.2. The van der Waals surface area contributed by atoms with Gasteiger partial charge in [-0.15, -0.1) is 0 Å². The van der Waals surface area contributed by atoms with Crippen molar-refractivity contribution in [1.29, 1.82) is 0 Å². The van der Waals surface area contributed by atoms with Gasteiger partial charge in [0, 0.05) is 11.1 Å². The molecule has 0 bridgehead atoms. The number of anilines is 1. The van der Waals surface area contributed by atoms with E-state index in [0.29, 0.717) is 10.0 Å². The van der Waals surface area contributed by atoms with E-state index in [2.05, 4.69) is 17.4 Å². The van der Waals surface area contributed by atoms with Crippen molar-refractivity contribution < 1.29 is 0 Å². The van der Waals surface area contributed by atoms with Crippen LogP contribution in [-0.4, -0.2) is 0 Å². The summed E-state index contributed by atoms with van der Waals surface area (Å²) < 4.78 is 0. The fourth-order valence-corrected chi connectivity index (χ4v) is 3.07. The topological polar surface area (TPSA) is 38.0 Å². The molecule has 0 fully saturated rings. The van der Waals surface area contributed by atoms with Gasteiger partial charge in [0.15, 0.2) is 0 Å². The Morgan fingerprint density at radius 3 is 2.53 bits per heavy atom. The summed E-state index contributed by atoms with van der Waals surface area (Å²) in [5, 5.41) is 4.72. The zero-order valence-corrected chi connectivity index (χ0v) is 11.7. The van der Waals surface area contributed by atoms with Gasteiger partial charge in [-0.05, 0) is 35.7 Å². The first kappa shape index (κ1) is 12.8. The molecule has 0 heterocycles. The molecule has 0 aliphatic heterocycles. The minimum absolute atomic E-state index is 0.0831. The monoisotopic (exact) mass is 292 g/mol. The SMILES string of the molecule is NC1CC(Nc2ccc(Cl)cc2Cl)c2ccccc21. The highest BCUT2D eigenvalue weighted by Crippen LogP contribution is 2.40. The molecule has 19 heavy (non-hydrogen) atoms. The largest absolute Gasteiger partial charge is 0.377 e. The molecule has 1 aliphatic carbocycles. The van der Waals surface area contributed by atoms with Crippen molar-refractivity contribution >= 4 is 28.9 Å². The summed E-state index contributed by atoms with van der Waals surface area (Å²) >= 11 is 12.1. The fourth-order valence-electron chi connectivity index (χ4n) is 2.60. The molecule has 0 saturated carbocycles. The number of hydrogen-bond donors (Lipinski definition) is 2. The molecule has 98 valence electrons. The summed E-state index contributed by atoms with van der Waals surface area (Å²) in [6.07, 6.45) is 0.873. The van der Waals surface area contributed by atoms with Crippen molar-refractivity contribution in [2.75, 3.05) is 5.32 Å². The van der Waals surface area contributed by atoms with Crippen LogP contribution in [0.2, 0.25) is 10.0 Å². The lowest BCUT2D eigenvalue weighted by Crippen LogP contribution is -2.10. The number of nitrogens with two attached hydrogens (primary N) is 1. The molecule has 3 rings (SSSR count). The molecule has 2 aromatic carbocycles. The molecule has 0 saturated heterocycles. The average Bonchev–Trinajstić information content (AvgIpc) is 2.71. The van der Waals surface area contributed by atoms with Crippen molar-refractivity contribution in [3.63, 3.8) is 0 Å². The second-order valence-corrected chi connectivity index (χ2v) is 5.64. The van der Waals surface area contributed by atoms with Gasteiger partial charge in [0.2, 0.25) is 0 Å². The molecule has 2 atom stereocenters. The van der Waals surface area contributed by atoms with E-state index in [4.69, 9.17) is 28.9 Å². The Kier molecular flexibility index (Phi) is 3.40. The second kappa shape index (κ2) is 5.04. The van der Waals surface area contributed by atoms with Gasteiger partial charge in [0.1, 0.15) is 0 Å². The van der Waals surface area contributed by atoms with Gasteiger partial charge in [-0.1, -0.05) is 47.5 Å². The predicted molar refractivity (Wildman–Crippen MR) is 80.8 cm³/mol. The van der Waals surface area contributed by atoms with Crippen molar-refractivity contribution in [3.05, 3.63) is 63.6 Å². The maximum absolute atomic E-state index is 6.19. The maximum atomic E-state index is 6.19. The Labute approximate surface area is 122 Å². The Bertz CT molecular complexity index is 613. The third-order valence-corrected chi connectivity index (χ3v) is 4.07. The lowest BCUT2D eigenvalue weighted by Gasteiger charge is -2.16. The van der Waals surface area contributed by atoms with E-state index in [9.17, 15) is 0 Å². The van der Waals surface area contributed by atoms with E-state index in [1.54, 1.807) is 6.07 Å². The van der Waals surface area contributed by atoms with Crippen molar-refractivity contribution in [2.24, 2.45) is 5.73 Å². The Balaban J connectivity index is 1.89. The van der Waals surface area contributed by atoms with Crippen LogP contribution in [0.25, 0.3) is 0 Å². The highest BCUT2D eigenvalue weighted by atomic mass is 35.5. The smallest absolute Gasteiger partial charge is 0.0652 e. The summed E-state index contributed by atoms with van der Waals surface area (Å²) in [7, 11) is 0. The minimum atomic E-state index is 0.0831.